The lowest BCUT2D eigenvalue weighted by Gasteiger charge is -2.20. The summed E-state index contributed by atoms with van der Waals surface area (Å²) < 4.78 is 10.1. The van der Waals surface area contributed by atoms with Crippen LogP contribution in [0, 0.1) is 17.0 Å². The zero-order valence-electron chi connectivity index (χ0n) is 20.2. The molecule has 3 N–H and O–H groups in total. The number of methoxy groups -OCH3 is 1. The van der Waals surface area contributed by atoms with E-state index in [2.05, 4.69) is 10.1 Å². The van der Waals surface area contributed by atoms with E-state index in [1.54, 1.807) is 0 Å². The average Bonchev–Trinajstić information content (AvgIpc) is 3.23. The summed E-state index contributed by atoms with van der Waals surface area (Å²) in [6.45, 7) is 1.06. The van der Waals surface area contributed by atoms with Crippen molar-refractivity contribution in [2.75, 3.05) is 20.3 Å². The van der Waals surface area contributed by atoms with Crippen LogP contribution in [0.2, 0.25) is 0 Å². The number of esters is 1. The molecule has 1 amide bonds. The van der Waals surface area contributed by atoms with Gasteiger partial charge in [0.05, 0.1) is 17.6 Å². The van der Waals surface area contributed by atoms with Gasteiger partial charge in [-0.25, -0.2) is 9.59 Å². The number of amides is 1. The number of ether oxygens (including phenoxy) is 2. The summed E-state index contributed by atoms with van der Waals surface area (Å²) in [7, 11) is 1.13. The van der Waals surface area contributed by atoms with E-state index in [0.717, 1.165) is 35.4 Å². The van der Waals surface area contributed by atoms with Gasteiger partial charge in [0.1, 0.15) is 18.8 Å². The van der Waals surface area contributed by atoms with Crippen molar-refractivity contribution in [2.24, 2.45) is 0 Å². The van der Waals surface area contributed by atoms with Crippen molar-refractivity contribution in [2.45, 2.75) is 25.0 Å². The van der Waals surface area contributed by atoms with Gasteiger partial charge in [0, 0.05) is 24.1 Å². The number of nitro benzene ring substituents is 1. The molecule has 3 aromatic rings. The predicted molar refractivity (Wildman–Crippen MR) is 133 cm³/mol. The van der Waals surface area contributed by atoms with Crippen molar-refractivity contribution in [1.29, 1.82) is 0 Å². The summed E-state index contributed by atoms with van der Waals surface area (Å²) in [4.78, 5) is 35.1. The van der Waals surface area contributed by atoms with Crippen molar-refractivity contribution in [3.8, 4) is 11.1 Å². The molecule has 0 heterocycles. The Bertz CT molecular complexity index is 1310. The van der Waals surface area contributed by atoms with Crippen LogP contribution < -0.4 is 5.32 Å². The number of nitrogens with zero attached hydrogens (tertiary/aromatic N) is 1. The minimum absolute atomic E-state index is 0.0686. The molecule has 10 nitrogen and oxygen atoms in total. The molecule has 0 saturated heterocycles. The molecule has 1 aliphatic carbocycles. The molecular weight excluding hydrogens is 480 g/mol. The number of hydrogen-bond donors (Lipinski definition) is 3. The summed E-state index contributed by atoms with van der Waals surface area (Å²) in [5.41, 5.74) is 3.76. The fraction of sp³-hybridized carbons (Fsp3) is 0.259. The van der Waals surface area contributed by atoms with Gasteiger partial charge in [0.25, 0.3) is 5.69 Å². The second kappa shape index (κ2) is 10.8. The number of benzene rings is 3. The molecule has 0 aliphatic heterocycles. The standard InChI is InChI=1S/C27H26N2O8/c1-15-21(26(32)36-2)11-16(12-23(15)29(34)35)25(31)24(30)13-28-27(33)37-14-22-19-9-5-3-7-17(19)18-8-4-6-10-20(18)22/h3-12,22,24-25,30-31H,13-14H2,1-2H3,(H,28,33). The number of rotatable bonds is 8. The van der Waals surface area contributed by atoms with Crippen LogP contribution in [0.1, 0.15) is 44.6 Å². The molecule has 10 heteroatoms. The van der Waals surface area contributed by atoms with E-state index in [1.807, 2.05) is 48.5 Å². The lowest BCUT2D eigenvalue weighted by molar-refractivity contribution is -0.385. The maximum atomic E-state index is 12.4. The third-order valence-electron chi connectivity index (χ3n) is 6.51. The van der Waals surface area contributed by atoms with Crippen LogP contribution in [0.25, 0.3) is 11.1 Å². The molecule has 4 rings (SSSR count). The molecular formula is C27H26N2O8. The van der Waals surface area contributed by atoms with Gasteiger partial charge in [0.2, 0.25) is 0 Å². The van der Waals surface area contributed by atoms with Crippen molar-refractivity contribution < 1.29 is 34.2 Å². The summed E-state index contributed by atoms with van der Waals surface area (Å²) in [6.07, 6.45) is -3.96. The maximum Gasteiger partial charge on any atom is 0.407 e. The molecule has 0 aromatic heterocycles. The monoisotopic (exact) mass is 506 g/mol. The number of fused-ring (bicyclic) bond motifs is 3. The van der Waals surface area contributed by atoms with Gasteiger partial charge in [-0.15, -0.1) is 0 Å². The largest absolute Gasteiger partial charge is 0.465 e. The normalized spacial score (nSPS) is 13.7. The van der Waals surface area contributed by atoms with Gasteiger partial charge in [-0.05, 0) is 40.8 Å². The van der Waals surface area contributed by atoms with E-state index in [-0.39, 0.29) is 29.2 Å². The Morgan fingerprint density at radius 1 is 1.05 bits per heavy atom. The van der Waals surface area contributed by atoms with Gasteiger partial charge < -0.3 is 25.0 Å². The lowest BCUT2D eigenvalue weighted by Crippen LogP contribution is -2.36. The first-order chi connectivity index (χ1) is 17.7. The first kappa shape index (κ1) is 25.8. The van der Waals surface area contributed by atoms with E-state index >= 15 is 0 Å². The molecule has 0 spiro atoms. The van der Waals surface area contributed by atoms with Crippen molar-refractivity contribution >= 4 is 17.7 Å². The quantitative estimate of drug-likeness (QED) is 0.238. The highest BCUT2D eigenvalue weighted by atomic mass is 16.6. The maximum absolute atomic E-state index is 12.4. The van der Waals surface area contributed by atoms with E-state index in [9.17, 15) is 29.9 Å². The minimum Gasteiger partial charge on any atom is -0.465 e. The van der Waals surface area contributed by atoms with E-state index in [1.165, 1.54) is 13.0 Å². The molecule has 37 heavy (non-hydrogen) atoms. The molecule has 2 atom stereocenters. The second-order valence-electron chi connectivity index (χ2n) is 8.68. The second-order valence-corrected chi connectivity index (χ2v) is 8.68. The molecule has 2 unspecified atom stereocenters. The van der Waals surface area contributed by atoms with Gasteiger partial charge in [-0.3, -0.25) is 10.1 Å². The number of alkyl carbamates (subject to hydrolysis) is 1. The molecule has 1 aliphatic rings. The van der Waals surface area contributed by atoms with Crippen LogP contribution in [0.5, 0.6) is 0 Å². The Balaban J connectivity index is 1.40. The summed E-state index contributed by atoms with van der Waals surface area (Å²) in [5, 5.41) is 34.8. The molecule has 0 bridgehead atoms. The Morgan fingerprint density at radius 2 is 1.65 bits per heavy atom. The highest BCUT2D eigenvalue weighted by Crippen LogP contribution is 2.44. The van der Waals surface area contributed by atoms with Crippen LogP contribution in [-0.2, 0) is 9.47 Å². The first-order valence-corrected chi connectivity index (χ1v) is 11.5. The summed E-state index contributed by atoms with van der Waals surface area (Å²) >= 11 is 0. The average molecular weight is 507 g/mol. The van der Waals surface area contributed by atoms with Gasteiger partial charge >= 0.3 is 12.1 Å². The van der Waals surface area contributed by atoms with Crippen LogP contribution in [0.3, 0.4) is 0 Å². The predicted octanol–water partition coefficient (Wildman–Crippen LogP) is 3.62. The van der Waals surface area contributed by atoms with Gasteiger partial charge in [-0.1, -0.05) is 48.5 Å². The lowest BCUT2D eigenvalue weighted by atomic mass is 9.97. The number of nitro groups is 1. The smallest absolute Gasteiger partial charge is 0.407 e. The fourth-order valence-electron chi connectivity index (χ4n) is 4.57. The van der Waals surface area contributed by atoms with Gasteiger partial charge in [0.15, 0.2) is 0 Å². The third kappa shape index (κ3) is 5.16. The number of carbonyl (C=O) groups is 2. The number of hydrogen-bond acceptors (Lipinski definition) is 8. The Hall–Kier alpha value is -4.28. The molecule has 0 fully saturated rings. The molecule has 3 aromatic carbocycles. The van der Waals surface area contributed by atoms with E-state index < -0.39 is 41.4 Å². The zero-order chi connectivity index (χ0) is 26.7. The van der Waals surface area contributed by atoms with Crippen LogP contribution in [0.15, 0.2) is 60.7 Å². The molecule has 0 saturated carbocycles. The number of aliphatic hydroxyl groups is 2. The number of carbonyl (C=O) groups excluding carboxylic acids is 2. The molecule has 0 radical (unpaired) electrons. The van der Waals surface area contributed by atoms with Crippen molar-refractivity contribution in [3.05, 3.63) is 98.6 Å². The van der Waals surface area contributed by atoms with Crippen LogP contribution in [0.4, 0.5) is 10.5 Å². The number of aliphatic hydroxyl groups excluding tert-OH is 2. The Kier molecular flexibility index (Phi) is 7.51. The minimum atomic E-state index is -1.63. The van der Waals surface area contributed by atoms with Crippen molar-refractivity contribution in [1.82, 2.24) is 5.32 Å². The number of nitrogens with one attached hydrogen (secondary N) is 1. The van der Waals surface area contributed by atoms with Crippen LogP contribution >= 0.6 is 0 Å². The Morgan fingerprint density at radius 3 is 2.22 bits per heavy atom. The summed E-state index contributed by atoms with van der Waals surface area (Å²) in [6, 6.07) is 18.1. The van der Waals surface area contributed by atoms with Gasteiger partial charge in [-0.2, -0.15) is 0 Å². The van der Waals surface area contributed by atoms with E-state index in [0.29, 0.717) is 0 Å². The van der Waals surface area contributed by atoms with Crippen LogP contribution in [-0.4, -0.2) is 53.6 Å². The van der Waals surface area contributed by atoms with Crippen molar-refractivity contribution in [3.63, 3.8) is 0 Å². The highest BCUT2D eigenvalue weighted by molar-refractivity contribution is 5.92. The third-order valence-corrected chi connectivity index (χ3v) is 6.51. The first-order valence-electron chi connectivity index (χ1n) is 11.5. The van der Waals surface area contributed by atoms with E-state index in [4.69, 9.17) is 4.74 Å². The summed E-state index contributed by atoms with van der Waals surface area (Å²) in [5.74, 6) is -0.959. The Labute approximate surface area is 212 Å². The zero-order valence-corrected chi connectivity index (χ0v) is 20.2. The topological polar surface area (TPSA) is 148 Å². The fourth-order valence-corrected chi connectivity index (χ4v) is 4.57. The SMILES string of the molecule is COC(=O)c1cc(C(O)C(O)CNC(=O)OCC2c3ccccc3-c3ccccc32)cc([N+](=O)[O-])c1C. The molecule has 192 valence electrons. The highest BCUT2D eigenvalue weighted by Gasteiger charge is 2.30.